The van der Waals surface area contributed by atoms with E-state index in [1.54, 1.807) is 0 Å². The van der Waals surface area contributed by atoms with E-state index in [0.29, 0.717) is 24.0 Å². The van der Waals surface area contributed by atoms with E-state index in [2.05, 4.69) is 5.16 Å². The summed E-state index contributed by atoms with van der Waals surface area (Å²) in [6, 6.07) is 9.64. The van der Waals surface area contributed by atoms with Crippen molar-refractivity contribution in [1.82, 2.24) is 0 Å². The smallest absolute Gasteiger partial charge is 0.131 e. The Bertz CT molecular complexity index is 471. The van der Waals surface area contributed by atoms with E-state index < -0.39 is 5.60 Å². The van der Waals surface area contributed by atoms with Crippen LogP contribution < -0.4 is 0 Å². The molecule has 3 nitrogen and oxygen atoms in total. The Labute approximate surface area is 114 Å². The van der Waals surface area contributed by atoms with Gasteiger partial charge in [-0.1, -0.05) is 54.8 Å². The SMILES string of the molecule is ON=C1CC2CCCCC2CC1(O)c1ccccc1. The zero-order chi connectivity index (χ0) is 13.3. The van der Waals surface area contributed by atoms with Crippen LogP contribution >= 0.6 is 0 Å². The van der Waals surface area contributed by atoms with Crippen molar-refractivity contribution in [2.75, 3.05) is 0 Å². The molecule has 2 fully saturated rings. The molecule has 3 rings (SSSR count). The van der Waals surface area contributed by atoms with Crippen molar-refractivity contribution in [3.05, 3.63) is 35.9 Å². The van der Waals surface area contributed by atoms with Gasteiger partial charge in [-0.25, -0.2) is 0 Å². The van der Waals surface area contributed by atoms with Crippen LogP contribution in [0, 0.1) is 11.8 Å². The lowest BCUT2D eigenvalue weighted by atomic mass is 9.63. The van der Waals surface area contributed by atoms with Crippen LogP contribution in [0.15, 0.2) is 35.5 Å². The van der Waals surface area contributed by atoms with Crippen LogP contribution in [0.1, 0.15) is 44.1 Å². The third-order valence-corrected chi connectivity index (χ3v) is 4.93. The molecule has 0 aromatic heterocycles. The fourth-order valence-electron chi connectivity index (χ4n) is 3.86. The van der Waals surface area contributed by atoms with Crippen molar-refractivity contribution >= 4 is 5.71 Å². The first-order chi connectivity index (χ1) is 9.24. The van der Waals surface area contributed by atoms with Crippen LogP contribution in [0.4, 0.5) is 0 Å². The number of fused-ring (bicyclic) bond motifs is 1. The lowest BCUT2D eigenvalue weighted by Crippen LogP contribution is -2.46. The highest BCUT2D eigenvalue weighted by Gasteiger charge is 2.46. The fraction of sp³-hybridized carbons (Fsp3) is 0.562. The molecule has 0 amide bonds. The number of aliphatic hydroxyl groups is 1. The summed E-state index contributed by atoms with van der Waals surface area (Å²) in [5.41, 5.74) is 0.322. The van der Waals surface area contributed by atoms with Crippen molar-refractivity contribution in [3.8, 4) is 0 Å². The molecule has 2 aliphatic carbocycles. The lowest BCUT2D eigenvalue weighted by molar-refractivity contribution is 0.0305. The predicted molar refractivity (Wildman–Crippen MR) is 74.2 cm³/mol. The Morgan fingerprint density at radius 2 is 1.74 bits per heavy atom. The first-order valence-corrected chi connectivity index (χ1v) is 7.23. The fourth-order valence-corrected chi connectivity index (χ4v) is 3.86. The quantitative estimate of drug-likeness (QED) is 0.600. The number of oxime groups is 1. The molecule has 1 aromatic rings. The van der Waals surface area contributed by atoms with Gasteiger partial charge in [-0.3, -0.25) is 0 Å². The van der Waals surface area contributed by atoms with E-state index in [9.17, 15) is 10.3 Å². The molecule has 3 atom stereocenters. The number of hydrogen-bond acceptors (Lipinski definition) is 3. The highest BCUT2D eigenvalue weighted by molar-refractivity contribution is 5.93. The average Bonchev–Trinajstić information content (AvgIpc) is 2.47. The largest absolute Gasteiger partial charge is 0.411 e. The molecule has 102 valence electrons. The van der Waals surface area contributed by atoms with E-state index >= 15 is 0 Å². The van der Waals surface area contributed by atoms with Gasteiger partial charge in [-0.2, -0.15) is 0 Å². The topological polar surface area (TPSA) is 52.8 Å². The highest BCUT2D eigenvalue weighted by atomic mass is 16.4. The van der Waals surface area contributed by atoms with E-state index in [4.69, 9.17) is 0 Å². The summed E-state index contributed by atoms with van der Waals surface area (Å²) in [7, 11) is 0. The second-order valence-electron chi connectivity index (χ2n) is 5.99. The van der Waals surface area contributed by atoms with Crippen LogP contribution in [0.5, 0.6) is 0 Å². The number of benzene rings is 1. The summed E-state index contributed by atoms with van der Waals surface area (Å²) in [5, 5.41) is 23.8. The number of hydrogen-bond donors (Lipinski definition) is 2. The standard InChI is InChI=1S/C16H21NO2/c18-16(14-8-2-1-3-9-14)11-13-7-5-4-6-12(13)10-15(16)17-19/h1-3,8-9,12-13,18-19H,4-7,10-11H2. The van der Waals surface area contributed by atoms with E-state index in [1.807, 2.05) is 30.3 Å². The van der Waals surface area contributed by atoms with Crippen LogP contribution in [0.3, 0.4) is 0 Å². The molecule has 2 N–H and O–H groups in total. The van der Waals surface area contributed by atoms with Crippen molar-refractivity contribution < 1.29 is 10.3 Å². The first-order valence-electron chi connectivity index (χ1n) is 7.23. The van der Waals surface area contributed by atoms with Crippen molar-refractivity contribution in [2.45, 2.75) is 44.1 Å². The van der Waals surface area contributed by atoms with Gasteiger partial charge in [0, 0.05) is 0 Å². The minimum atomic E-state index is -1.07. The van der Waals surface area contributed by atoms with Gasteiger partial charge >= 0.3 is 0 Å². The van der Waals surface area contributed by atoms with Gasteiger partial charge < -0.3 is 10.3 Å². The van der Waals surface area contributed by atoms with Crippen molar-refractivity contribution in [1.29, 1.82) is 0 Å². The molecule has 3 unspecified atom stereocenters. The first kappa shape index (κ1) is 12.7. The third-order valence-electron chi connectivity index (χ3n) is 4.93. The maximum Gasteiger partial charge on any atom is 0.131 e. The van der Waals surface area contributed by atoms with E-state index in [-0.39, 0.29) is 0 Å². The maximum atomic E-state index is 11.1. The Balaban J connectivity index is 1.95. The third kappa shape index (κ3) is 2.16. The van der Waals surface area contributed by atoms with E-state index in [0.717, 1.165) is 12.0 Å². The molecule has 1 aromatic carbocycles. The van der Waals surface area contributed by atoms with Crippen LogP contribution in [0.25, 0.3) is 0 Å². The Kier molecular flexibility index (Phi) is 3.31. The monoisotopic (exact) mass is 259 g/mol. The molecule has 19 heavy (non-hydrogen) atoms. The Morgan fingerprint density at radius 1 is 1.05 bits per heavy atom. The summed E-state index contributed by atoms with van der Waals surface area (Å²) in [6.45, 7) is 0. The summed E-state index contributed by atoms with van der Waals surface area (Å²) in [4.78, 5) is 0. The van der Waals surface area contributed by atoms with Crippen LogP contribution in [0.2, 0.25) is 0 Å². The average molecular weight is 259 g/mol. The minimum Gasteiger partial charge on any atom is -0.411 e. The normalized spacial score (nSPS) is 37.0. The molecule has 0 aliphatic heterocycles. The molecule has 0 bridgehead atoms. The highest BCUT2D eigenvalue weighted by Crippen LogP contribution is 2.46. The van der Waals surface area contributed by atoms with Gasteiger partial charge in [0.25, 0.3) is 0 Å². The summed E-state index contributed by atoms with van der Waals surface area (Å²) >= 11 is 0. The Hall–Kier alpha value is -1.35. The van der Waals surface area contributed by atoms with Crippen LogP contribution in [-0.4, -0.2) is 16.0 Å². The molecule has 2 saturated carbocycles. The minimum absolute atomic E-state index is 0.543. The van der Waals surface area contributed by atoms with Gasteiger partial charge in [-0.05, 0) is 36.7 Å². The molecular formula is C16H21NO2. The zero-order valence-electron chi connectivity index (χ0n) is 11.1. The predicted octanol–water partition coefficient (Wildman–Crippen LogP) is 3.30. The zero-order valence-corrected chi connectivity index (χ0v) is 11.1. The number of nitrogens with zero attached hydrogens (tertiary/aromatic N) is 1. The molecule has 0 saturated heterocycles. The number of rotatable bonds is 1. The van der Waals surface area contributed by atoms with Crippen molar-refractivity contribution in [2.24, 2.45) is 17.0 Å². The van der Waals surface area contributed by atoms with Crippen molar-refractivity contribution in [3.63, 3.8) is 0 Å². The lowest BCUT2D eigenvalue weighted by Gasteiger charge is -2.44. The second-order valence-corrected chi connectivity index (χ2v) is 5.99. The molecular weight excluding hydrogens is 238 g/mol. The van der Waals surface area contributed by atoms with Crippen LogP contribution in [-0.2, 0) is 5.60 Å². The van der Waals surface area contributed by atoms with E-state index in [1.165, 1.54) is 25.7 Å². The van der Waals surface area contributed by atoms with Gasteiger partial charge in [0.05, 0.1) is 5.71 Å². The molecule has 3 heteroatoms. The molecule has 0 radical (unpaired) electrons. The van der Waals surface area contributed by atoms with Gasteiger partial charge in [0.2, 0.25) is 0 Å². The van der Waals surface area contributed by atoms with Gasteiger partial charge in [-0.15, -0.1) is 0 Å². The molecule has 0 heterocycles. The summed E-state index contributed by atoms with van der Waals surface area (Å²) in [6.07, 6.45) is 6.35. The summed E-state index contributed by atoms with van der Waals surface area (Å²) in [5.74, 6) is 1.15. The molecule has 2 aliphatic rings. The summed E-state index contributed by atoms with van der Waals surface area (Å²) < 4.78 is 0. The molecule has 0 spiro atoms. The van der Waals surface area contributed by atoms with Gasteiger partial charge in [0.15, 0.2) is 0 Å². The Morgan fingerprint density at radius 3 is 2.42 bits per heavy atom. The van der Waals surface area contributed by atoms with Gasteiger partial charge in [0.1, 0.15) is 5.60 Å². The maximum absolute atomic E-state index is 11.1. The second kappa shape index (κ2) is 4.97.